The molecule has 3 rings (SSSR count). The van der Waals surface area contributed by atoms with Crippen LogP contribution in [0, 0.1) is 0 Å². The predicted molar refractivity (Wildman–Crippen MR) is 87.6 cm³/mol. The van der Waals surface area contributed by atoms with Crippen LogP contribution < -0.4 is 4.90 Å². The van der Waals surface area contributed by atoms with Crippen LogP contribution >= 0.6 is 11.6 Å². The van der Waals surface area contributed by atoms with Crippen LogP contribution in [0.3, 0.4) is 0 Å². The van der Waals surface area contributed by atoms with Crippen LogP contribution in [-0.4, -0.2) is 49.5 Å². The first kappa shape index (κ1) is 15.5. The van der Waals surface area contributed by atoms with Gasteiger partial charge in [-0.25, -0.2) is 9.97 Å². The summed E-state index contributed by atoms with van der Waals surface area (Å²) < 4.78 is 10.8. The first-order valence-corrected chi connectivity index (χ1v) is 7.91. The number of anilines is 1. The molecular weight excluding hydrogens is 302 g/mol. The summed E-state index contributed by atoms with van der Waals surface area (Å²) in [5.41, 5.74) is 0.885. The molecule has 2 heterocycles. The first-order valence-electron chi connectivity index (χ1n) is 7.53. The lowest BCUT2D eigenvalue weighted by atomic mass is 10.1. The summed E-state index contributed by atoms with van der Waals surface area (Å²) in [5, 5.41) is 1.74. The largest absolute Gasteiger partial charge is 0.382 e. The highest BCUT2D eigenvalue weighted by molar-refractivity contribution is 6.31. The molecule has 6 heteroatoms. The third kappa shape index (κ3) is 3.48. The van der Waals surface area contributed by atoms with Crippen LogP contribution in [0.2, 0.25) is 5.02 Å². The van der Waals surface area contributed by atoms with E-state index in [0.29, 0.717) is 24.3 Å². The number of aromatic nitrogens is 2. The number of piperidine rings is 1. The normalized spacial score (nSPS) is 16.4. The summed E-state index contributed by atoms with van der Waals surface area (Å²) in [5.74, 6) is 0.983. The number of methoxy groups -OCH3 is 1. The van der Waals surface area contributed by atoms with Crippen LogP contribution in [0.15, 0.2) is 24.5 Å². The zero-order valence-electron chi connectivity index (χ0n) is 12.7. The lowest BCUT2D eigenvalue weighted by molar-refractivity contribution is 0.00607. The molecule has 0 amide bonds. The molecule has 0 bridgehead atoms. The second-order valence-electron chi connectivity index (χ2n) is 5.41. The number of fused-ring (bicyclic) bond motifs is 1. The van der Waals surface area contributed by atoms with E-state index < -0.39 is 0 Å². The Labute approximate surface area is 135 Å². The molecule has 0 spiro atoms. The maximum atomic E-state index is 6.04. The Hall–Kier alpha value is -1.43. The van der Waals surface area contributed by atoms with Crippen molar-refractivity contribution in [3.63, 3.8) is 0 Å². The van der Waals surface area contributed by atoms with E-state index in [0.717, 1.165) is 42.7 Å². The molecule has 118 valence electrons. The van der Waals surface area contributed by atoms with Crippen molar-refractivity contribution >= 4 is 28.3 Å². The van der Waals surface area contributed by atoms with Crippen molar-refractivity contribution in [2.75, 3.05) is 38.3 Å². The number of ether oxygens (including phenoxy) is 2. The fourth-order valence-corrected chi connectivity index (χ4v) is 2.97. The van der Waals surface area contributed by atoms with Crippen molar-refractivity contribution in [1.29, 1.82) is 0 Å². The highest BCUT2D eigenvalue weighted by atomic mass is 35.5. The van der Waals surface area contributed by atoms with Crippen LogP contribution in [-0.2, 0) is 9.47 Å². The minimum Gasteiger partial charge on any atom is -0.382 e. The van der Waals surface area contributed by atoms with Gasteiger partial charge in [-0.1, -0.05) is 11.6 Å². The van der Waals surface area contributed by atoms with Gasteiger partial charge in [0.25, 0.3) is 0 Å². The van der Waals surface area contributed by atoms with Crippen molar-refractivity contribution in [1.82, 2.24) is 9.97 Å². The summed E-state index contributed by atoms with van der Waals surface area (Å²) in [4.78, 5) is 11.1. The fourth-order valence-electron chi connectivity index (χ4n) is 2.80. The molecular formula is C16H20ClN3O2. The third-order valence-electron chi connectivity index (χ3n) is 3.96. The minimum atomic E-state index is 0.314. The Morgan fingerprint density at radius 3 is 2.82 bits per heavy atom. The lowest BCUT2D eigenvalue weighted by Gasteiger charge is -2.33. The Balaban J connectivity index is 1.69. The molecule has 1 aliphatic heterocycles. The maximum Gasteiger partial charge on any atom is 0.139 e. The topological polar surface area (TPSA) is 47.5 Å². The van der Waals surface area contributed by atoms with E-state index in [1.54, 1.807) is 13.4 Å². The van der Waals surface area contributed by atoms with E-state index in [2.05, 4.69) is 14.9 Å². The molecule has 0 unspecified atom stereocenters. The molecule has 1 saturated heterocycles. The molecule has 0 saturated carbocycles. The Bertz CT molecular complexity index is 630. The molecule has 1 aliphatic rings. The zero-order valence-corrected chi connectivity index (χ0v) is 13.4. The highest BCUT2D eigenvalue weighted by Crippen LogP contribution is 2.27. The summed E-state index contributed by atoms with van der Waals surface area (Å²) >= 11 is 6.04. The predicted octanol–water partition coefficient (Wildman–Crippen LogP) is 2.92. The average Bonchev–Trinajstić information content (AvgIpc) is 2.55. The molecule has 0 N–H and O–H groups in total. The van der Waals surface area contributed by atoms with Gasteiger partial charge in [-0.3, -0.25) is 0 Å². The van der Waals surface area contributed by atoms with Gasteiger partial charge in [0, 0.05) is 30.6 Å². The SMILES string of the molecule is COCCOC1CCN(c2ncnc3cc(Cl)ccc23)CC1. The van der Waals surface area contributed by atoms with Gasteiger partial charge in [-0.15, -0.1) is 0 Å². The quantitative estimate of drug-likeness (QED) is 0.792. The van der Waals surface area contributed by atoms with Gasteiger partial charge in [0.1, 0.15) is 12.1 Å². The van der Waals surface area contributed by atoms with Crippen LogP contribution in [0.1, 0.15) is 12.8 Å². The molecule has 0 aliphatic carbocycles. The van der Waals surface area contributed by atoms with E-state index in [1.165, 1.54) is 0 Å². The van der Waals surface area contributed by atoms with E-state index in [9.17, 15) is 0 Å². The number of halogens is 1. The molecule has 0 atom stereocenters. The molecule has 1 fully saturated rings. The van der Waals surface area contributed by atoms with Crippen LogP contribution in [0.5, 0.6) is 0 Å². The second-order valence-corrected chi connectivity index (χ2v) is 5.85. The van der Waals surface area contributed by atoms with Gasteiger partial charge in [-0.05, 0) is 31.0 Å². The molecule has 22 heavy (non-hydrogen) atoms. The second kappa shape index (κ2) is 7.22. The Morgan fingerprint density at radius 1 is 1.23 bits per heavy atom. The minimum absolute atomic E-state index is 0.314. The van der Waals surface area contributed by atoms with Gasteiger partial charge in [0.15, 0.2) is 0 Å². The van der Waals surface area contributed by atoms with Gasteiger partial charge in [-0.2, -0.15) is 0 Å². The van der Waals surface area contributed by atoms with Gasteiger partial charge < -0.3 is 14.4 Å². The highest BCUT2D eigenvalue weighted by Gasteiger charge is 2.22. The Morgan fingerprint density at radius 2 is 2.05 bits per heavy atom. The molecule has 5 nitrogen and oxygen atoms in total. The van der Waals surface area contributed by atoms with Crippen molar-refractivity contribution in [3.05, 3.63) is 29.5 Å². The Kier molecular flexibility index (Phi) is 5.08. The van der Waals surface area contributed by atoms with E-state index in [4.69, 9.17) is 21.1 Å². The van der Waals surface area contributed by atoms with E-state index >= 15 is 0 Å². The summed E-state index contributed by atoms with van der Waals surface area (Å²) in [7, 11) is 1.69. The van der Waals surface area contributed by atoms with Gasteiger partial charge in [0.05, 0.1) is 24.8 Å². The molecule has 1 aromatic heterocycles. The maximum absolute atomic E-state index is 6.04. The monoisotopic (exact) mass is 321 g/mol. The summed E-state index contributed by atoms with van der Waals surface area (Å²) in [6, 6.07) is 5.76. The van der Waals surface area contributed by atoms with E-state index in [1.807, 2.05) is 18.2 Å². The molecule has 0 radical (unpaired) electrons. The number of hydrogen-bond donors (Lipinski definition) is 0. The van der Waals surface area contributed by atoms with Crippen molar-refractivity contribution in [3.8, 4) is 0 Å². The van der Waals surface area contributed by atoms with Gasteiger partial charge >= 0.3 is 0 Å². The third-order valence-corrected chi connectivity index (χ3v) is 4.20. The summed E-state index contributed by atoms with van der Waals surface area (Å²) in [6.45, 7) is 3.19. The standard InChI is InChI=1S/C16H20ClN3O2/c1-21-8-9-22-13-4-6-20(7-5-13)16-14-3-2-12(17)10-15(14)18-11-19-16/h2-3,10-11,13H,4-9H2,1H3. The average molecular weight is 322 g/mol. The lowest BCUT2D eigenvalue weighted by Crippen LogP contribution is -2.38. The smallest absolute Gasteiger partial charge is 0.139 e. The summed E-state index contributed by atoms with van der Waals surface area (Å²) in [6.07, 6.45) is 3.93. The number of benzene rings is 1. The van der Waals surface area contributed by atoms with Crippen molar-refractivity contribution < 1.29 is 9.47 Å². The van der Waals surface area contributed by atoms with Crippen molar-refractivity contribution in [2.45, 2.75) is 18.9 Å². The van der Waals surface area contributed by atoms with Crippen LogP contribution in [0.4, 0.5) is 5.82 Å². The zero-order chi connectivity index (χ0) is 15.4. The fraction of sp³-hybridized carbons (Fsp3) is 0.500. The van der Waals surface area contributed by atoms with E-state index in [-0.39, 0.29) is 0 Å². The number of nitrogens with zero attached hydrogens (tertiary/aromatic N) is 3. The van der Waals surface area contributed by atoms with Crippen molar-refractivity contribution in [2.24, 2.45) is 0 Å². The van der Waals surface area contributed by atoms with Gasteiger partial charge in [0.2, 0.25) is 0 Å². The number of rotatable bonds is 5. The first-order chi connectivity index (χ1) is 10.8. The molecule has 1 aromatic carbocycles. The van der Waals surface area contributed by atoms with Crippen LogP contribution in [0.25, 0.3) is 10.9 Å². The molecule has 2 aromatic rings. The number of hydrogen-bond acceptors (Lipinski definition) is 5.